The van der Waals surface area contributed by atoms with Crippen molar-refractivity contribution in [1.29, 1.82) is 0 Å². The molecular formula is C10H15N5S. The second-order valence-electron chi connectivity index (χ2n) is 3.68. The summed E-state index contributed by atoms with van der Waals surface area (Å²) in [5, 5.41) is 12.5. The van der Waals surface area contributed by atoms with E-state index in [2.05, 4.69) is 39.3 Å². The van der Waals surface area contributed by atoms with Gasteiger partial charge in [0.05, 0.1) is 11.6 Å². The number of nitrogens with one attached hydrogen (secondary N) is 2. The van der Waals surface area contributed by atoms with Gasteiger partial charge in [-0.3, -0.25) is 5.10 Å². The molecule has 2 heterocycles. The van der Waals surface area contributed by atoms with Crippen molar-refractivity contribution in [3.8, 4) is 0 Å². The first-order valence-electron chi connectivity index (χ1n) is 5.32. The molecule has 2 aromatic heterocycles. The summed E-state index contributed by atoms with van der Waals surface area (Å²) >= 11 is 1.72. The Labute approximate surface area is 98.4 Å². The van der Waals surface area contributed by atoms with E-state index < -0.39 is 0 Å². The second-order valence-corrected chi connectivity index (χ2v) is 5.25. The predicted octanol–water partition coefficient (Wildman–Crippen LogP) is 2.29. The zero-order valence-corrected chi connectivity index (χ0v) is 10.4. The number of nitrogens with zero attached hydrogens (tertiary/aromatic N) is 3. The first-order chi connectivity index (χ1) is 7.70. The summed E-state index contributed by atoms with van der Waals surface area (Å²) < 4.78 is 0. The van der Waals surface area contributed by atoms with Gasteiger partial charge in [-0.15, -0.1) is 11.8 Å². The highest BCUT2D eigenvalue weighted by atomic mass is 32.2. The lowest BCUT2D eigenvalue weighted by atomic mass is 10.4. The van der Waals surface area contributed by atoms with Crippen LogP contribution in [0.2, 0.25) is 0 Å². The number of anilines is 1. The molecule has 0 radical (unpaired) electrons. The van der Waals surface area contributed by atoms with E-state index in [1.54, 1.807) is 18.0 Å². The average Bonchev–Trinajstić information content (AvgIpc) is 2.65. The maximum Gasteiger partial charge on any atom is 0.225 e. The molecule has 0 saturated carbocycles. The molecule has 0 aliphatic carbocycles. The molecule has 0 aliphatic heterocycles. The van der Waals surface area contributed by atoms with Gasteiger partial charge in [-0.2, -0.15) is 10.1 Å². The van der Waals surface area contributed by atoms with E-state index in [1.165, 1.54) is 0 Å². The number of fused-ring (bicyclic) bond motifs is 1. The third kappa shape index (κ3) is 2.27. The molecule has 16 heavy (non-hydrogen) atoms. The van der Waals surface area contributed by atoms with E-state index in [4.69, 9.17) is 0 Å². The van der Waals surface area contributed by atoms with Gasteiger partial charge in [-0.1, -0.05) is 13.8 Å². The van der Waals surface area contributed by atoms with E-state index in [0.29, 0.717) is 11.2 Å². The zero-order valence-electron chi connectivity index (χ0n) is 9.61. The largest absolute Gasteiger partial charge is 0.354 e. The highest BCUT2D eigenvalue weighted by Crippen LogP contribution is 2.28. The smallest absolute Gasteiger partial charge is 0.225 e. The fourth-order valence-electron chi connectivity index (χ4n) is 1.36. The number of aromatic amines is 1. The molecule has 0 aliphatic rings. The van der Waals surface area contributed by atoms with Crippen LogP contribution >= 0.6 is 11.8 Å². The van der Waals surface area contributed by atoms with Gasteiger partial charge in [0.1, 0.15) is 5.03 Å². The fraction of sp³-hybridized carbons (Fsp3) is 0.500. The van der Waals surface area contributed by atoms with Gasteiger partial charge in [0.25, 0.3) is 0 Å². The second kappa shape index (κ2) is 4.69. The molecule has 0 atom stereocenters. The van der Waals surface area contributed by atoms with Crippen molar-refractivity contribution in [2.24, 2.45) is 0 Å². The van der Waals surface area contributed by atoms with E-state index in [0.717, 1.165) is 22.6 Å². The van der Waals surface area contributed by atoms with E-state index >= 15 is 0 Å². The zero-order chi connectivity index (χ0) is 11.5. The van der Waals surface area contributed by atoms with Gasteiger partial charge in [0.15, 0.2) is 5.65 Å². The van der Waals surface area contributed by atoms with Crippen molar-refractivity contribution in [3.05, 3.63) is 6.20 Å². The Kier molecular flexibility index (Phi) is 3.28. The van der Waals surface area contributed by atoms with Crippen LogP contribution in [0, 0.1) is 0 Å². The number of hydrogen-bond donors (Lipinski definition) is 2. The standard InChI is InChI=1S/C10H15N5S/c1-4-11-10-13-8-7(5-12-15-8)9(14-10)16-6(2)3/h5-6H,4H2,1-3H3,(H2,11,12,13,14,15). The number of thioether (sulfide) groups is 1. The average molecular weight is 237 g/mol. The van der Waals surface area contributed by atoms with E-state index in [9.17, 15) is 0 Å². The maximum absolute atomic E-state index is 4.48. The minimum absolute atomic E-state index is 0.488. The minimum Gasteiger partial charge on any atom is -0.354 e. The van der Waals surface area contributed by atoms with Gasteiger partial charge in [-0.05, 0) is 6.92 Å². The number of H-pyrrole nitrogens is 1. The topological polar surface area (TPSA) is 66.5 Å². The van der Waals surface area contributed by atoms with Crippen LogP contribution in [-0.4, -0.2) is 32.0 Å². The molecule has 0 saturated heterocycles. The monoisotopic (exact) mass is 237 g/mol. The molecule has 0 amide bonds. The molecule has 0 unspecified atom stereocenters. The van der Waals surface area contributed by atoms with Crippen molar-refractivity contribution in [1.82, 2.24) is 20.2 Å². The van der Waals surface area contributed by atoms with Crippen LogP contribution in [-0.2, 0) is 0 Å². The predicted molar refractivity (Wildman–Crippen MR) is 66.8 cm³/mol. The van der Waals surface area contributed by atoms with Gasteiger partial charge in [0.2, 0.25) is 5.95 Å². The molecule has 2 aromatic rings. The van der Waals surface area contributed by atoms with Gasteiger partial charge < -0.3 is 5.32 Å². The summed E-state index contributed by atoms with van der Waals surface area (Å²) in [4.78, 5) is 8.82. The number of aromatic nitrogens is 4. The van der Waals surface area contributed by atoms with Crippen molar-refractivity contribution < 1.29 is 0 Å². The van der Waals surface area contributed by atoms with Crippen molar-refractivity contribution in [3.63, 3.8) is 0 Å². The quantitative estimate of drug-likeness (QED) is 0.631. The fourth-order valence-corrected chi connectivity index (χ4v) is 2.22. The van der Waals surface area contributed by atoms with Crippen LogP contribution in [0.3, 0.4) is 0 Å². The molecule has 2 rings (SSSR count). The molecule has 2 N–H and O–H groups in total. The summed E-state index contributed by atoms with van der Waals surface area (Å²) in [5.41, 5.74) is 0.786. The van der Waals surface area contributed by atoms with Crippen LogP contribution < -0.4 is 5.32 Å². The number of rotatable bonds is 4. The maximum atomic E-state index is 4.48. The lowest BCUT2D eigenvalue weighted by Gasteiger charge is -2.07. The van der Waals surface area contributed by atoms with Crippen LogP contribution in [0.1, 0.15) is 20.8 Å². The molecule has 0 spiro atoms. The Bertz CT molecular complexity index is 479. The summed E-state index contributed by atoms with van der Waals surface area (Å²) in [7, 11) is 0. The normalized spacial score (nSPS) is 11.2. The molecule has 0 fully saturated rings. The van der Waals surface area contributed by atoms with Gasteiger partial charge >= 0.3 is 0 Å². The van der Waals surface area contributed by atoms with Crippen LogP contribution in [0.15, 0.2) is 11.2 Å². The Morgan fingerprint density at radius 1 is 1.44 bits per heavy atom. The summed E-state index contributed by atoms with van der Waals surface area (Å²) in [6.07, 6.45) is 1.77. The highest BCUT2D eigenvalue weighted by Gasteiger charge is 2.10. The third-order valence-electron chi connectivity index (χ3n) is 1.96. The lowest BCUT2D eigenvalue weighted by molar-refractivity contribution is 1.03. The Hall–Kier alpha value is -1.30. The van der Waals surface area contributed by atoms with Crippen molar-refractivity contribution in [2.45, 2.75) is 31.0 Å². The summed E-state index contributed by atoms with van der Waals surface area (Å²) in [6.45, 7) is 7.12. The van der Waals surface area contributed by atoms with Crippen LogP contribution in [0.5, 0.6) is 0 Å². The number of hydrogen-bond acceptors (Lipinski definition) is 5. The van der Waals surface area contributed by atoms with E-state index in [-0.39, 0.29) is 0 Å². The Morgan fingerprint density at radius 3 is 2.94 bits per heavy atom. The minimum atomic E-state index is 0.488. The molecular weight excluding hydrogens is 222 g/mol. The SMILES string of the molecule is CCNc1nc(SC(C)C)c2cn[nH]c2n1. The lowest BCUT2D eigenvalue weighted by Crippen LogP contribution is -2.03. The van der Waals surface area contributed by atoms with Crippen molar-refractivity contribution in [2.75, 3.05) is 11.9 Å². The van der Waals surface area contributed by atoms with Gasteiger partial charge in [-0.25, -0.2) is 4.98 Å². The van der Waals surface area contributed by atoms with E-state index in [1.807, 2.05) is 6.92 Å². The molecule has 0 aromatic carbocycles. The van der Waals surface area contributed by atoms with Crippen LogP contribution in [0.4, 0.5) is 5.95 Å². The van der Waals surface area contributed by atoms with Crippen molar-refractivity contribution >= 4 is 28.7 Å². The summed E-state index contributed by atoms with van der Waals surface area (Å²) in [5.74, 6) is 0.655. The summed E-state index contributed by atoms with van der Waals surface area (Å²) in [6, 6.07) is 0. The molecule has 5 nitrogen and oxygen atoms in total. The molecule has 6 heteroatoms. The molecule has 0 bridgehead atoms. The first kappa shape index (κ1) is 11.2. The first-order valence-corrected chi connectivity index (χ1v) is 6.20. The Morgan fingerprint density at radius 2 is 2.25 bits per heavy atom. The Balaban J connectivity index is 2.46. The third-order valence-corrected chi connectivity index (χ3v) is 2.96. The highest BCUT2D eigenvalue weighted by molar-refractivity contribution is 8.00. The van der Waals surface area contributed by atoms with Crippen LogP contribution in [0.25, 0.3) is 11.0 Å². The molecule has 86 valence electrons. The van der Waals surface area contributed by atoms with Gasteiger partial charge in [0, 0.05) is 11.8 Å².